The van der Waals surface area contributed by atoms with Gasteiger partial charge in [0.05, 0.1) is 6.10 Å². The van der Waals surface area contributed by atoms with Crippen molar-refractivity contribution in [1.82, 2.24) is 0 Å². The van der Waals surface area contributed by atoms with Crippen LogP contribution in [-0.4, -0.2) is 11.1 Å². The summed E-state index contributed by atoms with van der Waals surface area (Å²) in [5, 5.41) is 9.87. The fraction of sp³-hybridized carbons (Fsp3) is 0.538. The van der Waals surface area contributed by atoms with E-state index in [9.17, 15) is 13.9 Å². The van der Waals surface area contributed by atoms with Crippen LogP contribution in [0.2, 0.25) is 0 Å². The normalized spacial score (nSPS) is 14.8. The van der Waals surface area contributed by atoms with Crippen molar-refractivity contribution in [3.05, 3.63) is 35.4 Å². The van der Waals surface area contributed by atoms with Gasteiger partial charge < -0.3 is 10.8 Å². The summed E-state index contributed by atoms with van der Waals surface area (Å²) in [7, 11) is 0. The van der Waals surface area contributed by atoms with Gasteiger partial charge in [0.25, 0.3) is 0 Å². The molecule has 5 heteroatoms. The van der Waals surface area contributed by atoms with E-state index in [2.05, 4.69) is 0 Å². The number of aliphatic hydroxyl groups is 1. The fourth-order valence-corrected chi connectivity index (χ4v) is 1.50. The second-order valence-electron chi connectivity index (χ2n) is 5.37. The first-order valence-electron chi connectivity index (χ1n) is 5.61. The molecular formula is C13H20ClF2NO. The van der Waals surface area contributed by atoms with E-state index in [1.165, 1.54) is 12.1 Å². The number of rotatable bonds is 3. The molecule has 0 spiro atoms. The fourth-order valence-electron chi connectivity index (χ4n) is 1.50. The zero-order chi connectivity index (χ0) is 13.2. The highest BCUT2D eigenvalue weighted by Crippen LogP contribution is 2.28. The van der Waals surface area contributed by atoms with Crippen molar-refractivity contribution >= 4 is 12.4 Å². The Morgan fingerprint density at radius 3 is 2.33 bits per heavy atom. The van der Waals surface area contributed by atoms with Crippen LogP contribution in [0.3, 0.4) is 0 Å². The predicted molar refractivity (Wildman–Crippen MR) is 70.6 cm³/mol. The summed E-state index contributed by atoms with van der Waals surface area (Å²) in [6.45, 7) is 5.81. The molecule has 18 heavy (non-hydrogen) atoms. The molecule has 1 rings (SSSR count). The topological polar surface area (TPSA) is 46.2 Å². The van der Waals surface area contributed by atoms with Crippen LogP contribution in [0.15, 0.2) is 18.2 Å². The molecule has 0 aliphatic heterocycles. The van der Waals surface area contributed by atoms with Gasteiger partial charge in [0.1, 0.15) is 0 Å². The summed E-state index contributed by atoms with van der Waals surface area (Å²) in [4.78, 5) is 0. The Balaban J connectivity index is 0.00000289. The Morgan fingerprint density at radius 2 is 1.83 bits per heavy atom. The molecule has 1 aromatic carbocycles. The molecule has 0 aliphatic carbocycles. The second kappa shape index (κ2) is 6.45. The van der Waals surface area contributed by atoms with Gasteiger partial charge in [0.2, 0.25) is 0 Å². The van der Waals surface area contributed by atoms with E-state index in [1.54, 1.807) is 0 Å². The van der Waals surface area contributed by atoms with Gasteiger partial charge in [-0.05, 0) is 17.9 Å². The molecule has 1 aromatic rings. The van der Waals surface area contributed by atoms with Crippen LogP contribution in [0.25, 0.3) is 0 Å². The maximum atomic E-state index is 13.4. The SMILES string of the molecule is CC(C)(C)[C@@H](N)C[C@@H](O)c1cccc(F)c1F.Cl. The van der Waals surface area contributed by atoms with Crippen molar-refractivity contribution in [2.45, 2.75) is 39.3 Å². The Hall–Kier alpha value is -0.710. The van der Waals surface area contributed by atoms with E-state index < -0.39 is 17.7 Å². The summed E-state index contributed by atoms with van der Waals surface area (Å²) < 4.78 is 26.4. The van der Waals surface area contributed by atoms with Gasteiger partial charge in [-0.3, -0.25) is 0 Å². The average Bonchev–Trinajstić information content (AvgIpc) is 2.20. The highest BCUT2D eigenvalue weighted by Gasteiger charge is 2.25. The summed E-state index contributed by atoms with van der Waals surface area (Å²) in [5.41, 5.74) is 5.67. The monoisotopic (exact) mass is 279 g/mol. The number of nitrogens with two attached hydrogens (primary N) is 1. The molecule has 0 aliphatic rings. The lowest BCUT2D eigenvalue weighted by atomic mass is 9.83. The zero-order valence-electron chi connectivity index (χ0n) is 10.8. The van der Waals surface area contributed by atoms with E-state index in [0.29, 0.717) is 0 Å². The molecule has 2 atom stereocenters. The molecule has 0 radical (unpaired) electrons. The molecular weight excluding hydrogens is 260 g/mol. The molecule has 0 unspecified atom stereocenters. The van der Waals surface area contributed by atoms with Gasteiger partial charge in [-0.15, -0.1) is 12.4 Å². The quantitative estimate of drug-likeness (QED) is 0.893. The van der Waals surface area contributed by atoms with Crippen LogP contribution in [0.4, 0.5) is 8.78 Å². The molecule has 0 bridgehead atoms. The van der Waals surface area contributed by atoms with Gasteiger partial charge in [-0.2, -0.15) is 0 Å². The van der Waals surface area contributed by atoms with Gasteiger partial charge in [-0.1, -0.05) is 32.9 Å². The third-order valence-corrected chi connectivity index (χ3v) is 2.93. The third-order valence-electron chi connectivity index (χ3n) is 2.93. The lowest BCUT2D eigenvalue weighted by Crippen LogP contribution is -2.36. The van der Waals surface area contributed by atoms with Gasteiger partial charge in [0.15, 0.2) is 11.6 Å². The van der Waals surface area contributed by atoms with Crippen LogP contribution in [-0.2, 0) is 0 Å². The maximum Gasteiger partial charge on any atom is 0.164 e. The first-order chi connectivity index (χ1) is 7.73. The minimum absolute atomic E-state index is 0. The number of benzene rings is 1. The zero-order valence-corrected chi connectivity index (χ0v) is 11.6. The average molecular weight is 280 g/mol. The Morgan fingerprint density at radius 1 is 1.28 bits per heavy atom. The molecule has 0 heterocycles. The first-order valence-corrected chi connectivity index (χ1v) is 5.61. The van der Waals surface area contributed by atoms with Crippen LogP contribution in [0.5, 0.6) is 0 Å². The minimum Gasteiger partial charge on any atom is -0.388 e. The van der Waals surface area contributed by atoms with Crippen LogP contribution in [0, 0.1) is 17.0 Å². The number of hydrogen-bond acceptors (Lipinski definition) is 2. The van der Waals surface area contributed by atoms with Crippen molar-refractivity contribution < 1.29 is 13.9 Å². The number of aliphatic hydroxyl groups excluding tert-OH is 1. The third kappa shape index (κ3) is 4.19. The van der Waals surface area contributed by atoms with Crippen molar-refractivity contribution in [2.75, 3.05) is 0 Å². The molecule has 2 nitrogen and oxygen atoms in total. The Bertz CT molecular complexity index is 393. The standard InChI is InChI=1S/C13H19F2NO.ClH/c1-13(2,3)11(16)7-10(17)8-5-4-6-9(14)12(8)15;/h4-6,10-11,17H,7,16H2,1-3H3;1H/t10-,11+;/m1./s1. The van der Waals surface area contributed by atoms with Crippen molar-refractivity contribution in [3.8, 4) is 0 Å². The molecule has 0 amide bonds. The van der Waals surface area contributed by atoms with E-state index in [1.807, 2.05) is 20.8 Å². The van der Waals surface area contributed by atoms with Gasteiger partial charge in [0, 0.05) is 11.6 Å². The summed E-state index contributed by atoms with van der Waals surface area (Å²) >= 11 is 0. The summed E-state index contributed by atoms with van der Waals surface area (Å²) in [6.07, 6.45) is -0.885. The lowest BCUT2D eigenvalue weighted by molar-refractivity contribution is 0.129. The first kappa shape index (κ1) is 17.3. The Labute approximate surface area is 113 Å². The van der Waals surface area contributed by atoms with Crippen LogP contribution < -0.4 is 5.73 Å². The highest BCUT2D eigenvalue weighted by atomic mass is 35.5. The lowest BCUT2D eigenvalue weighted by Gasteiger charge is -2.29. The highest BCUT2D eigenvalue weighted by molar-refractivity contribution is 5.85. The van der Waals surface area contributed by atoms with E-state index in [0.717, 1.165) is 6.07 Å². The molecule has 0 fully saturated rings. The molecule has 0 aromatic heterocycles. The number of halogens is 3. The minimum atomic E-state index is -1.08. The van der Waals surface area contributed by atoms with Gasteiger partial charge in [-0.25, -0.2) is 8.78 Å². The largest absolute Gasteiger partial charge is 0.388 e. The summed E-state index contributed by atoms with van der Waals surface area (Å²) in [5.74, 6) is -1.95. The molecule has 0 saturated heterocycles. The van der Waals surface area contributed by atoms with Gasteiger partial charge >= 0.3 is 0 Å². The van der Waals surface area contributed by atoms with Crippen LogP contribution >= 0.6 is 12.4 Å². The number of hydrogen-bond donors (Lipinski definition) is 2. The molecule has 104 valence electrons. The second-order valence-corrected chi connectivity index (χ2v) is 5.37. The van der Waals surface area contributed by atoms with Crippen molar-refractivity contribution in [3.63, 3.8) is 0 Å². The van der Waals surface area contributed by atoms with Crippen molar-refractivity contribution in [1.29, 1.82) is 0 Å². The molecule has 3 N–H and O–H groups in total. The van der Waals surface area contributed by atoms with Crippen molar-refractivity contribution in [2.24, 2.45) is 11.1 Å². The predicted octanol–water partition coefficient (Wildman–Crippen LogP) is 3.18. The maximum absolute atomic E-state index is 13.4. The van der Waals surface area contributed by atoms with E-state index in [4.69, 9.17) is 5.73 Å². The van der Waals surface area contributed by atoms with E-state index >= 15 is 0 Å². The van der Waals surface area contributed by atoms with E-state index in [-0.39, 0.29) is 35.8 Å². The smallest absolute Gasteiger partial charge is 0.164 e. The Kier molecular flexibility index (Phi) is 6.20. The molecule has 0 saturated carbocycles. The van der Waals surface area contributed by atoms with Crippen LogP contribution in [0.1, 0.15) is 38.9 Å². The summed E-state index contributed by atoms with van der Waals surface area (Å²) in [6, 6.07) is 3.48.